The average molecular weight is 241 g/mol. The summed E-state index contributed by atoms with van der Waals surface area (Å²) < 4.78 is 5.07. The molecule has 0 heterocycles. The van der Waals surface area contributed by atoms with E-state index in [1.54, 1.807) is 20.8 Å². The molecule has 0 fully saturated rings. The van der Waals surface area contributed by atoms with Gasteiger partial charge >= 0.3 is 6.09 Å². The van der Waals surface area contributed by atoms with Crippen LogP contribution in [0.25, 0.3) is 0 Å². The van der Waals surface area contributed by atoms with Crippen LogP contribution in [0.5, 0.6) is 0 Å². The molecule has 7 nitrogen and oxygen atoms in total. The molecule has 0 rings (SSSR count). The monoisotopic (exact) mass is 241 g/mol. The number of nitrogens with one attached hydrogen (secondary N) is 2. The zero-order chi connectivity index (χ0) is 13.5. The number of amidine groups is 1. The Hall–Kier alpha value is -1.94. The van der Waals surface area contributed by atoms with Crippen LogP contribution in [0.1, 0.15) is 27.2 Å². The van der Waals surface area contributed by atoms with Gasteiger partial charge in [-0.15, -0.1) is 12.3 Å². The van der Waals surface area contributed by atoms with Crippen molar-refractivity contribution in [3.63, 3.8) is 0 Å². The van der Waals surface area contributed by atoms with Crippen molar-refractivity contribution in [3.8, 4) is 12.3 Å². The van der Waals surface area contributed by atoms with E-state index in [4.69, 9.17) is 22.8 Å². The summed E-state index contributed by atoms with van der Waals surface area (Å²) in [7, 11) is 0. The summed E-state index contributed by atoms with van der Waals surface area (Å²) in [4.78, 5) is 11.5. The fourth-order valence-electron chi connectivity index (χ4n) is 1.01. The highest BCUT2D eigenvalue weighted by Crippen LogP contribution is 2.07. The predicted octanol–water partition coefficient (Wildman–Crippen LogP) is -0.361. The molecule has 0 aromatic rings. The number of hydrogen-bond acceptors (Lipinski definition) is 5. The first-order valence-electron chi connectivity index (χ1n) is 5.01. The summed E-state index contributed by atoms with van der Waals surface area (Å²) >= 11 is 0. The molecular formula is C10H19N5O2. The zero-order valence-electron chi connectivity index (χ0n) is 10.3. The predicted molar refractivity (Wildman–Crippen MR) is 65.6 cm³/mol. The summed E-state index contributed by atoms with van der Waals surface area (Å²) in [5.74, 6) is 12.9. The molecule has 0 radical (unpaired) electrons. The summed E-state index contributed by atoms with van der Waals surface area (Å²) in [6, 6.07) is -0.607. The fraction of sp³-hybridized carbons (Fsp3) is 0.600. The van der Waals surface area contributed by atoms with E-state index in [2.05, 4.69) is 21.8 Å². The van der Waals surface area contributed by atoms with E-state index in [9.17, 15) is 4.79 Å². The zero-order valence-corrected chi connectivity index (χ0v) is 10.3. The van der Waals surface area contributed by atoms with Crippen LogP contribution in [0.2, 0.25) is 0 Å². The van der Waals surface area contributed by atoms with Crippen LogP contribution >= 0.6 is 0 Å². The third-order valence-corrected chi connectivity index (χ3v) is 1.63. The van der Waals surface area contributed by atoms with E-state index >= 15 is 0 Å². The minimum Gasteiger partial charge on any atom is -0.444 e. The molecule has 0 aliphatic carbocycles. The molecule has 1 atom stereocenters. The number of carbonyl (C=O) groups is 1. The maximum absolute atomic E-state index is 11.5. The highest BCUT2D eigenvalue weighted by atomic mass is 16.6. The number of ether oxygens (including phenoxy) is 1. The van der Waals surface area contributed by atoms with Crippen LogP contribution in [0.15, 0.2) is 5.10 Å². The van der Waals surface area contributed by atoms with Crippen LogP contribution in [0.3, 0.4) is 0 Å². The summed E-state index contributed by atoms with van der Waals surface area (Å²) in [6.45, 7) is 5.26. The van der Waals surface area contributed by atoms with Gasteiger partial charge in [0.15, 0.2) is 5.84 Å². The van der Waals surface area contributed by atoms with Crippen molar-refractivity contribution in [2.45, 2.75) is 38.8 Å². The number of hydrogen-bond donors (Lipinski definition) is 4. The first-order valence-corrected chi connectivity index (χ1v) is 5.01. The molecule has 96 valence electrons. The lowest BCUT2D eigenvalue weighted by molar-refractivity contribution is 0.0518. The second-order valence-corrected chi connectivity index (χ2v) is 4.27. The number of carbonyl (C=O) groups excluding carboxylic acids is 1. The molecule has 0 spiro atoms. The highest BCUT2D eigenvalue weighted by molar-refractivity contribution is 5.89. The van der Waals surface area contributed by atoms with E-state index in [0.29, 0.717) is 0 Å². The first kappa shape index (κ1) is 15.1. The molecule has 0 aliphatic heterocycles. The lowest BCUT2D eigenvalue weighted by Crippen LogP contribution is -2.50. The molecular weight excluding hydrogens is 222 g/mol. The summed E-state index contributed by atoms with van der Waals surface area (Å²) in [6.07, 6.45) is 4.75. The van der Waals surface area contributed by atoms with Crippen molar-refractivity contribution in [1.29, 1.82) is 0 Å². The number of nitrogens with two attached hydrogens (primary N) is 2. The fourth-order valence-corrected chi connectivity index (χ4v) is 1.01. The topological polar surface area (TPSA) is 115 Å². The van der Waals surface area contributed by atoms with Gasteiger partial charge in [0.1, 0.15) is 11.6 Å². The van der Waals surface area contributed by atoms with Crippen LogP contribution in [0, 0.1) is 12.3 Å². The highest BCUT2D eigenvalue weighted by Gasteiger charge is 2.21. The van der Waals surface area contributed by atoms with Crippen LogP contribution in [-0.4, -0.2) is 23.6 Å². The molecule has 0 bridgehead atoms. The van der Waals surface area contributed by atoms with Crippen LogP contribution in [0.4, 0.5) is 4.79 Å². The van der Waals surface area contributed by atoms with Gasteiger partial charge in [0, 0.05) is 6.42 Å². The number of rotatable bonds is 3. The molecule has 0 aliphatic rings. The largest absolute Gasteiger partial charge is 0.444 e. The molecule has 0 aromatic carbocycles. The standard InChI is InChI=1S/C10H19N5O2/c1-5-6-7(8(14-11)15-12)13-9(16)17-10(2,3)4/h1,7H,6,11-12H2,2-4H3,(H,13,16)(H,14,15). The number of hydrazone groups is 1. The smallest absolute Gasteiger partial charge is 0.408 e. The maximum Gasteiger partial charge on any atom is 0.408 e. The Labute approximate surface area is 101 Å². The summed E-state index contributed by atoms with van der Waals surface area (Å²) in [5, 5.41) is 5.91. The molecule has 7 heteroatoms. The average Bonchev–Trinajstić information content (AvgIpc) is 2.16. The van der Waals surface area contributed by atoms with E-state index in [1.165, 1.54) is 0 Å². The quantitative estimate of drug-likeness (QED) is 0.177. The van der Waals surface area contributed by atoms with E-state index in [0.717, 1.165) is 0 Å². The van der Waals surface area contributed by atoms with Crippen molar-refractivity contribution < 1.29 is 9.53 Å². The van der Waals surface area contributed by atoms with Gasteiger partial charge in [-0.25, -0.2) is 10.6 Å². The van der Waals surface area contributed by atoms with Crippen molar-refractivity contribution in [2.75, 3.05) is 0 Å². The molecule has 0 saturated carbocycles. The number of terminal acetylenes is 1. The van der Waals surface area contributed by atoms with Gasteiger partial charge in [-0.3, -0.25) is 0 Å². The Bertz CT molecular complexity index is 327. The maximum atomic E-state index is 11.5. The van der Waals surface area contributed by atoms with Crippen LogP contribution in [-0.2, 0) is 4.74 Å². The van der Waals surface area contributed by atoms with Crippen molar-refractivity contribution in [1.82, 2.24) is 10.7 Å². The van der Waals surface area contributed by atoms with Crippen molar-refractivity contribution >= 4 is 11.9 Å². The lowest BCUT2D eigenvalue weighted by atomic mass is 10.2. The third-order valence-electron chi connectivity index (χ3n) is 1.63. The van der Waals surface area contributed by atoms with Crippen molar-refractivity contribution in [3.05, 3.63) is 0 Å². The van der Waals surface area contributed by atoms with Gasteiger partial charge in [-0.1, -0.05) is 0 Å². The molecule has 1 unspecified atom stereocenters. The third kappa shape index (κ3) is 6.27. The SMILES string of the molecule is C#CCC(NC(=O)OC(C)(C)C)/C(=N\N)NN. The number of nitrogens with zero attached hydrogens (tertiary/aromatic N) is 1. The number of amides is 1. The Kier molecular flexibility index (Phi) is 5.85. The van der Waals surface area contributed by atoms with E-state index < -0.39 is 17.7 Å². The Morgan fingerprint density at radius 1 is 1.59 bits per heavy atom. The molecule has 1 amide bonds. The Morgan fingerprint density at radius 2 is 2.18 bits per heavy atom. The van der Waals surface area contributed by atoms with E-state index in [-0.39, 0.29) is 12.3 Å². The van der Waals surface area contributed by atoms with Crippen molar-refractivity contribution in [2.24, 2.45) is 16.8 Å². The first-order chi connectivity index (χ1) is 7.84. The molecule has 17 heavy (non-hydrogen) atoms. The Balaban J connectivity index is 4.57. The number of hydrazine groups is 1. The van der Waals surface area contributed by atoms with Crippen LogP contribution < -0.4 is 22.4 Å². The molecule has 6 N–H and O–H groups in total. The normalized spacial score (nSPS) is 13.5. The molecule has 0 saturated heterocycles. The van der Waals surface area contributed by atoms with E-state index in [1.807, 2.05) is 0 Å². The lowest BCUT2D eigenvalue weighted by Gasteiger charge is -2.23. The minimum absolute atomic E-state index is 0.175. The summed E-state index contributed by atoms with van der Waals surface area (Å²) in [5.41, 5.74) is 1.67. The van der Waals surface area contributed by atoms with Gasteiger partial charge in [0.25, 0.3) is 0 Å². The second kappa shape index (κ2) is 6.60. The van der Waals surface area contributed by atoms with Gasteiger partial charge in [-0.2, -0.15) is 5.10 Å². The minimum atomic E-state index is -0.617. The van der Waals surface area contributed by atoms with Gasteiger partial charge in [0.05, 0.1) is 0 Å². The molecule has 0 aromatic heterocycles. The number of alkyl carbamates (subject to hydrolysis) is 1. The van der Waals surface area contributed by atoms with Gasteiger partial charge in [0.2, 0.25) is 0 Å². The van der Waals surface area contributed by atoms with Gasteiger partial charge < -0.3 is 21.3 Å². The Morgan fingerprint density at radius 3 is 2.53 bits per heavy atom. The van der Waals surface area contributed by atoms with Gasteiger partial charge in [-0.05, 0) is 20.8 Å². The second-order valence-electron chi connectivity index (χ2n) is 4.27.